The molecule has 0 radical (unpaired) electrons. The van der Waals surface area contributed by atoms with E-state index in [-0.39, 0.29) is 6.04 Å². The number of aromatic nitrogens is 4. The number of hydrogen-bond donors (Lipinski definition) is 2. The molecule has 0 bridgehead atoms. The second-order valence-electron chi connectivity index (χ2n) is 5.49. The molecular weight excluding hydrogens is 266 g/mol. The van der Waals surface area contributed by atoms with Gasteiger partial charge in [-0.15, -0.1) is 0 Å². The van der Waals surface area contributed by atoms with Crippen LogP contribution >= 0.6 is 0 Å². The van der Waals surface area contributed by atoms with E-state index in [2.05, 4.69) is 19.9 Å². The summed E-state index contributed by atoms with van der Waals surface area (Å²) in [6.07, 6.45) is 7.00. The molecule has 0 unspecified atom stereocenters. The number of hydrogen-bond acceptors (Lipinski definition) is 7. The molecule has 1 aliphatic carbocycles. The van der Waals surface area contributed by atoms with Crippen molar-refractivity contribution in [3.05, 3.63) is 36.0 Å². The van der Waals surface area contributed by atoms with Gasteiger partial charge in [0.1, 0.15) is 5.82 Å². The van der Waals surface area contributed by atoms with Crippen LogP contribution in [0.15, 0.2) is 24.7 Å². The minimum absolute atomic E-state index is 0.284. The third kappa shape index (κ3) is 3.08. The van der Waals surface area contributed by atoms with E-state index in [1.165, 1.54) is 0 Å². The van der Waals surface area contributed by atoms with Crippen LogP contribution in [0, 0.1) is 0 Å². The fourth-order valence-corrected chi connectivity index (χ4v) is 2.52. The van der Waals surface area contributed by atoms with Crippen molar-refractivity contribution in [3.63, 3.8) is 0 Å². The largest absolute Gasteiger partial charge is 0.368 e. The lowest BCUT2D eigenvalue weighted by Gasteiger charge is -2.32. The Morgan fingerprint density at radius 2 is 2.10 bits per heavy atom. The van der Waals surface area contributed by atoms with Crippen LogP contribution in [-0.4, -0.2) is 33.0 Å². The minimum Gasteiger partial charge on any atom is -0.368 e. The number of rotatable bonds is 4. The van der Waals surface area contributed by atoms with Gasteiger partial charge in [-0.3, -0.25) is 9.97 Å². The summed E-state index contributed by atoms with van der Waals surface area (Å²) < 4.78 is 0. The molecular formula is C14H19N7. The van der Waals surface area contributed by atoms with Gasteiger partial charge in [0.15, 0.2) is 0 Å². The zero-order chi connectivity index (χ0) is 14.8. The third-order valence-corrected chi connectivity index (χ3v) is 3.75. The second kappa shape index (κ2) is 5.61. The normalized spacial score (nSPS) is 20.9. The van der Waals surface area contributed by atoms with Crippen molar-refractivity contribution in [2.24, 2.45) is 5.73 Å². The average molecular weight is 285 g/mol. The Kier molecular flexibility index (Phi) is 3.66. The van der Waals surface area contributed by atoms with Crippen LogP contribution in [0.5, 0.6) is 0 Å². The summed E-state index contributed by atoms with van der Waals surface area (Å²) in [5.41, 5.74) is 13.5. The summed E-state index contributed by atoms with van der Waals surface area (Å²) in [5, 5.41) is 0. The van der Waals surface area contributed by atoms with E-state index in [0.29, 0.717) is 18.4 Å². The van der Waals surface area contributed by atoms with E-state index < -0.39 is 0 Å². The molecule has 0 saturated heterocycles. The highest BCUT2D eigenvalue weighted by Crippen LogP contribution is 2.35. The quantitative estimate of drug-likeness (QED) is 0.851. The van der Waals surface area contributed by atoms with E-state index >= 15 is 0 Å². The Morgan fingerprint density at radius 3 is 2.76 bits per heavy atom. The van der Waals surface area contributed by atoms with Gasteiger partial charge in [0, 0.05) is 37.5 Å². The van der Waals surface area contributed by atoms with Gasteiger partial charge in [-0.2, -0.15) is 4.98 Å². The summed E-state index contributed by atoms with van der Waals surface area (Å²) in [5.74, 6) is 1.49. The molecule has 3 rings (SSSR count). The van der Waals surface area contributed by atoms with Crippen molar-refractivity contribution < 1.29 is 0 Å². The summed E-state index contributed by atoms with van der Waals surface area (Å²) in [7, 11) is 1.95. The second-order valence-corrected chi connectivity index (χ2v) is 5.49. The molecule has 0 amide bonds. The molecule has 4 N–H and O–H groups in total. The van der Waals surface area contributed by atoms with Crippen LogP contribution in [0.25, 0.3) is 0 Å². The van der Waals surface area contributed by atoms with Crippen molar-refractivity contribution in [1.82, 2.24) is 19.9 Å². The van der Waals surface area contributed by atoms with Crippen LogP contribution in [-0.2, 0) is 6.54 Å². The molecule has 1 fully saturated rings. The van der Waals surface area contributed by atoms with Crippen molar-refractivity contribution in [1.29, 1.82) is 0 Å². The third-order valence-electron chi connectivity index (χ3n) is 3.75. The fourth-order valence-electron chi connectivity index (χ4n) is 2.52. The van der Waals surface area contributed by atoms with Gasteiger partial charge >= 0.3 is 0 Å². The van der Waals surface area contributed by atoms with Crippen molar-refractivity contribution in [3.8, 4) is 0 Å². The molecule has 21 heavy (non-hydrogen) atoms. The molecule has 0 aromatic carbocycles. The van der Waals surface area contributed by atoms with Crippen molar-refractivity contribution in [2.45, 2.75) is 31.3 Å². The van der Waals surface area contributed by atoms with Crippen molar-refractivity contribution >= 4 is 11.8 Å². The van der Waals surface area contributed by atoms with Gasteiger partial charge < -0.3 is 16.4 Å². The van der Waals surface area contributed by atoms with Crippen LogP contribution in [0.2, 0.25) is 0 Å². The number of anilines is 2. The van der Waals surface area contributed by atoms with Gasteiger partial charge in [-0.05, 0) is 12.8 Å². The molecule has 7 heteroatoms. The van der Waals surface area contributed by atoms with E-state index in [4.69, 9.17) is 11.5 Å². The molecule has 1 aliphatic rings. The zero-order valence-electron chi connectivity index (χ0n) is 12.0. The first-order valence-electron chi connectivity index (χ1n) is 6.98. The lowest BCUT2D eigenvalue weighted by molar-refractivity contribution is 0.345. The molecule has 2 heterocycles. The molecule has 0 atom stereocenters. The maximum atomic E-state index is 5.84. The topological polar surface area (TPSA) is 107 Å². The molecule has 2 aromatic rings. The zero-order valence-corrected chi connectivity index (χ0v) is 12.0. The number of nitrogens with two attached hydrogens (primary N) is 2. The molecule has 1 saturated carbocycles. The van der Waals surface area contributed by atoms with Crippen LogP contribution in [0.4, 0.5) is 11.8 Å². The Hall–Kier alpha value is -2.28. The maximum absolute atomic E-state index is 5.84. The van der Waals surface area contributed by atoms with E-state index in [9.17, 15) is 0 Å². The Balaban J connectivity index is 1.78. The SMILES string of the molecule is CN(Cc1cnccn1)c1cc(C2CC(N)C2)nc(N)n1. The van der Waals surface area contributed by atoms with Crippen LogP contribution < -0.4 is 16.4 Å². The van der Waals surface area contributed by atoms with Crippen molar-refractivity contribution in [2.75, 3.05) is 17.7 Å². The first kappa shape index (κ1) is 13.7. The summed E-state index contributed by atoms with van der Waals surface area (Å²) in [6.45, 7) is 0.619. The van der Waals surface area contributed by atoms with Gasteiger partial charge in [0.25, 0.3) is 0 Å². The average Bonchev–Trinajstić information content (AvgIpc) is 2.44. The standard InChI is InChI=1S/C14H19N7/c1-21(8-11-7-17-2-3-18-11)13-6-12(19-14(16)20-13)9-4-10(15)5-9/h2-3,6-7,9-10H,4-5,8,15H2,1H3,(H2,16,19,20). The molecule has 7 nitrogen and oxygen atoms in total. The Morgan fingerprint density at radius 1 is 1.29 bits per heavy atom. The van der Waals surface area contributed by atoms with E-state index in [0.717, 1.165) is 30.0 Å². The fraction of sp³-hybridized carbons (Fsp3) is 0.429. The highest BCUT2D eigenvalue weighted by molar-refractivity contribution is 5.44. The number of nitrogens with zero attached hydrogens (tertiary/aromatic N) is 5. The Bertz CT molecular complexity index is 610. The highest BCUT2D eigenvalue weighted by atomic mass is 15.2. The molecule has 0 aliphatic heterocycles. The maximum Gasteiger partial charge on any atom is 0.222 e. The first-order valence-corrected chi connectivity index (χ1v) is 6.98. The molecule has 0 spiro atoms. The predicted octanol–water partition coefficient (Wildman–Crippen LogP) is 0.690. The van der Waals surface area contributed by atoms with E-state index in [1.54, 1.807) is 18.6 Å². The predicted molar refractivity (Wildman–Crippen MR) is 80.5 cm³/mol. The lowest BCUT2D eigenvalue weighted by atomic mass is 9.78. The highest BCUT2D eigenvalue weighted by Gasteiger charge is 2.29. The lowest BCUT2D eigenvalue weighted by Crippen LogP contribution is -2.35. The summed E-state index contributed by atoms with van der Waals surface area (Å²) in [6, 6.07) is 2.27. The van der Waals surface area contributed by atoms with Gasteiger partial charge in [0.05, 0.1) is 24.1 Å². The minimum atomic E-state index is 0.284. The van der Waals surface area contributed by atoms with Gasteiger partial charge in [-0.25, -0.2) is 4.98 Å². The smallest absolute Gasteiger partial charge is 0.222 e. The van der Waals surface area contributed by atoms with Gasteiger partial charge in [-0.1, -0.05) is 0 Å². The summed E-state index contributed by atoms with van der Waals surface area (Å²) in [4.78, 5) is 19.0. The first-order chi connectivity index (χ1) is 10.1. The Labute approximate surface area is 123 Å². The summed E-state index contributed by atoms with van der Waals surface area (Å²) >= 11 is 0. The molecule has 110 valence electrons. The van der Waals surface area contributed by atoms with Crippen LogP contribution in [0.1, 0.15) is 30.1 Å². The van der Waals surface area contributed by atoms with Crippen LogP contribution in [0.3, 0.4) is 0 Å². The monoisotopic (exact) mass is 285 g/mol. The molecule has 2 aromatic heterocycles. The number of nitrogen functional groups attached to an aromatic ring is 1. The van der Waals surface area contributed by atoms with Gasteiger partial charge in [0.2, 0.25) is 5.95 Å². The van der Waals surface area contributed by atoms with E-state index in [1.807, 2.05) is 18.0 Å².